The van der Waals surface area contributed by atoms with Gasteiger partial charge in [0.15, 0.2) is 0 Å². The quantitative estimate of drug-likeness (QED) is 0.668. The summed E-state index contributed by atoms with van der Waals surface area (Å²) in [5.74, 6) is 0.520. The summed E-state index contributed by atoms with van der Waals surface area (Å²) in [6.07, 6.45) is 1.43. The topological polar surface area (TPSA) is 68.1 Å². The average molecular weight is 249 g/mol. The van der Waals surface area contributed by atoms with E-state index in [1.165, 1.54) is 28.8 Å². The van der Waals surface area contributed by atoms with Gasteiger partial charge in [-0.1, -0.05) is 0 Å². The lowest BCUT2D eigenvalue weighted by molar-refractivity contribution is -0.384. The van der Waals surface area contributed by atoms with Gasteiger partial charge in [-0.05, 0) is 23.9 Å². The number of pyridine rings is 1. The second-order valence-corrected chi connectivity index (χ2v) is 4.54. The molecule has 0 bridgehead atoms. The zero-order chi connectivity index (χ0) is 12.3. The van der Waals surface area contributed by atoms with Crippen LogP contribution in [0.5, 0.6) is 0 Å². The fourth-order valence-electron chi connectivity index (χ4n) is 1.39. The molecule has 1 N–H and O–H groups in total. The monoisotopic (exact) mass is 249 g/mol. The number of aryl methyl sites for hydroxylation is 1. The molecule has 0 aliphatic carbocycles. The molecule has 0 aliphatic heterocycles. The third-order valence-corrected chi connectivity index (χ3v) is 3.38. The number of anilines is 1. The minimum atomic E-state index is -0.427. The predicted molar refractivity (Wildman–Crippen MR) is 67.3 cm³/mol. The van der Waals surface area contributed by atoms with Crippen molar-refractivity contribution in [3.8, 4) is 0 Å². The first kappa shape index (κ1) is 11.5. The molecule has 2 heterocycles. The highest BCUT2D eigenvalue weighted by atomic mass is 32.1. The molecule has 0 unspecified atom stereocenters. The third kappa shape index (κ3) is 2.79. The molecular formula is C11H11N3O2S. The lowest BCUT2D eigenvalue weighted by Crippen LogP contribution is -2.01. The van der Waals surface area contributed by atoms with Crippen LogP contribution in [0.2, 0.25) is 0 Å². The van der Waals surface area contributed by atoms with E-state index in [-0.39, 0.29) is 5.69 Å². The van der Waals surface area contributed by atoms with Crippen molar-refractivity contribution in [2.45, 2.75) is 13.5 Å². The molecule has 0 aliphatic rings. The second-order valence-electron chi connectivity index (χ2n) is 3.54. The number of rotatable bonds is 4. The van der Waals surface area contributed by atoms with Crippen LogP contribution in [-0.4, -0.2) is 9.91 Å². The minimum absolute atomic E-state index is 0.0467. The van der Waals surface area contributed by atoms with Crippen molar-refractivity contribution in [3.63, 3.8) is 0 Å². The number of hydrogen-bond donors (Lipinski definition) is 1. The molecule has 0 radical (unpaired) electrons. The molecule has 17 heavy (non-hydrogen) atoms. The molecule has 0 saturated carbocycles. The lowest BCUT2D eigenvalue weighted by atomic mass is 10.3. The molecule has 0 atom stereocenters. The van der Waals surface area contributed by atoms with Crippen LogP contribution < -0.4 is 5.32 Å². The zero-order valence-electron chi connectivity index (χ0n) is 9.21. The van der Waals surface area contributed by atoms with Gasteiger partial charge in [0.05, 0.1) is 17.5 Å². The maximum Gasteiger partial charge on any atom is 0.274 e. The molecule has 0 fully saturated rings. The van der Waals surface area contributed by atoms with Crippen molar-refractivity contribution in [3.05, 3.63) is 50.3 Å². The molecule has 2 aromatic rings. The molecule has 0 aromatic carbocycles. The van der Waals surface area contributed by atoms with Gasteiger partial charge in [0.1, 0.15) is 5.82 Å². The first-order valence-corrected chi connectivity index (χ1v) is 5.92. The molecule has 0 saturated heterocycles. The highest BCUT2D eigenvalue weighted by molar-refractivity contribution is 7.10. The van der Waals surface area contributed by atoms with Crippen molar-refractivity contribution < 1.29 is 4.92 Å². The van der Waals surface area contributed by atoms with Gasteiger partial charge in [-0.25, -0.2) is 4.98 Å². The fraction of sp³-hybridized carbons (Fsp3) is 0.182. The maximum absolute atomic E-state index is 10.6. The minimum Gasteiger partial charge on any atom is -0.365 e. The first-order valence-electron chi connectivity index (χ1n) is 5.04. The number of nitrogens with one attached hydrogen (secondary N) is 1. The van der Waals surface area contributed by atoms with Crippen LogP contribution in [0.4, 0.5) is 11.5 Å². The normalized spacial score (nSPS) is 10.2. The standard InChI is InChI=1S/C11H11N3O2S/c1-8-3-5-17-10(8)7-13-11-6-9(14(15)16)2-4-12-11/h2-6H,7H2,1H3,(H,12,13). The molecule has 2 rings (SSSR count). The molecule has 0 spiro atoms. The SMILES string of the molecule is Cc1ccsc1CNc1cc([N+](=O)[O-])ccn1. The highest BCUT2D eigenvalue weighted by Crippen LogP contribution is 2.18. The van der Waals surface area contributed by atoms with Crippen LogP contribution >= 0.6 is 11.3 Å². The Bertz CT molecular complexity index is 539. The van der Waals surface area contributed by atoms with Crippen molar-refractivity contribution in [1.29, 1.82) is 0 Å². The smallest absolute Gasteiger partial charge is 0.274 e. The van der Waals surface area contributed by atoms with E-state index in [9.17, 15) is 10.1 Å². The zero-order valence-corrected chi connectivity index (χ0v) is 10.0. The van der Waals surface area contributed by atoms with Crippen molar-refractivity contribution in [2.75, 3.05) is 5.32 Å². The summed E-state index contributed by atoms with van der Waals surface area (Å²) in [4.78, 5) is 15.4. The number of thiophene rings is 1. The van der Waals surface area contributed by atoms with E-state index in [2.05, 4.69) is 10.3 Å². The van der Waals surface area contributed by atoms with Crippen molar-refractivity contribution in [1.82, 2.24) is 4.98 Å². The Morgan fingerprint density at radius 2 is 2.35 bits per heavy atom. The van der Waals surface area contributed by atoms with Crippen LogP contribution in [0.1, 0.15) is 10.4 Å². The van der Waals surface area contributed by atoms with E-state index in [0.29, 0.717) is 12.4 Å². The van der Waals surface area contributed by atoms with Crippen LogP contribution in [0, 0.1) is 17.0 Å². The Morgan fingerprint density at radius 3 is 3.00 bits per heavy atom. The Hall–Kier alpha value is -1.95. The molecule has 5 nitrogen and oxygen atoms in total. The summed E-state index contributed by atoms with van der Waals surface area (Å²) in [6.45, 7) is 2.67. The summed E-state index contributed by atoms with van der Waals surface area (Å²) >= 11 is 1.66. The number of nitro groups is 1. The van der Waals surface area contributed by atoms with Crippen LogP contribution in [0.25, 0.3) is 0 Å². The summed E-state index contributed by atoms with van der Waals surface area (Å²) in [7, 11) is 0. The van der Waals surface area contributed by atoms with Gasteiger partial charge < -0.3 is 5.32 Å². The highest BCUT2D eigenvalue weighted by Gasteiger charge is 2.07. The van der Waals surface area contributed by atoms with Crippen LogP contribution in [0.15, 0.2) is 29.8 Å². The summed E-state index contributed by atoms with van der Waals surface area (Å²) in [5.41, 5.74) is 1.26. The first-order chi connectivity index (χ1) is 8.16. The molecule has 6 heteroatoms. The van der Waals surface area contributed by atoms with Crippen molar-refractivity contribution in [2.24, 2.45) is 0 Å². The second kappa shape index (κ2) is 4.92. The van der Waals surface area contributed by atoms with E-state index in [4.69, 9.17) is 0 Å². The number of hydrogen-bond acceptors (Lipinski definition) is 5. The Morgan fingerprint density at radius 1 is 1.53 bits per heavy atom. The largest absolute Gasteiger partial charge is 0.365 e. The Kier molecular flexibility index (Phi) is 3.34. The number of aromatic nitrogens is 1. The van der Waals surface area contributed by atoms with Gasteiger partial charge in [-0.15, -0.1) is 11.3 Å². The molecule has 88 valence electrons. The molecule has 0 amide bonds. The van der Waals surface area contributed by atoms with E-state index in [1.807, 2.05) is 18.4 Å². The van der Waals surface area contributed by atoms with Gasteiger partial charge in [-0.3, -0.25) is 10.1 Å². The fourth-order valence-corrected chi connectivity index (χ4v) is 2.23. The van der Waals surface area contributed by atoms with E-state index >= 15 is 0 Å². The van der Waals surface area contributed by atoms with Gasteiger partial charge >= 0.3 is 0 Å². The summed E-state index contributed by atoms with van der Waals surface area (Å²) < 4.78 is 0. The number of nitrogens with zero attached hydrogens (tertiary/aromatic N) is 2. The van der Waals surface area contributed by atoms with E-state index in [1.54, 1.807) is 11.3 Å². The third-order valence-electron chi connectivity index (χ3n) is 2.35. The summed E-state index contributed by atoms with van der Waals surface area (Å²) in [6, 6.07) is 4.85. The van der Waals surface area contributed by atoms with E-state index < -0.39 is 4.92 Å². The van der Waals surface area contributed by atoms with E-state index in [0.717, 1.165) is 0 Å². The Labute approximate surface area is 102 Å². The molecule has 2 aromatic heterocycles. The van der Waals surface area contributed by atoms with Crippen LogP contribution in [-0.2, 0) is 6.54 Å². The predicted octanol–water partition coefficient (Wildman–Crippen LogP) is 2.97. The summed E-state index contributed by atoms with van der Waals surface area (Å²) in [5, 5.41) is 15.7. The molecular weight excluding hydrogens is 238 g/mol. The maximum atomic E-state index is 10.6. The average Bonchev–Trinajstić information content (AvgIpc) is 2.72. The van der Waals surface area contributed by atoms with Crippen LogP contribution in [0.3, 0.4) is 0 Å². The lowest BCUT2D eigenvalue weighted by Gasteiger charge is -2.04. The van der Waals surface area contributed by atoms with Gasteiger partial charge in [0.2, 0.25) is 0 Å². The van der Waals surface area contributed by atoms with Gasteiger partial charge in [0, 0.05) is 17.1 Å². The van der Waals surface area contributed by atoms with Crippen molar-refractivity contribution >= 4 is 22.8 Å². The van der Waals surface area contributed by atoms with Gasteiger partial charge in [0.25, 0.3) is 5.69 Å². The Balaban J connectivity index is 2.07. The van der Waals surface area contributed by atoms with Gasteiger partial charge in [-0.2, -0.15) is 0 Å².